The molecule has 0 spiro atoms. The van der Waals surface area contributed by atoms with E-state index in [0.717, 1.165) is 10.1 Å². The van der Waals surface area contributed by atoms with Crippen molar-refractivity contribution in [1.29, 1.82) is 0 Å². The van der Waals surface area contributed by atoms with Gasteiger partial charge in [-0.15, -0.1) is 11.3 Å². The molecule has 0 saturated heterocycles. The fourth-order valence-electron chi connectivity index (χ4n) is 2.55. The van der Waals surface area contributed by atoms with Crippen LogP contribution in [0.15, 0.2) is 53.4 Å². The first-order chi connectivity index (χ1) is 13.3. The van der Waals surface area contributed by atoms with Crippen molar-refractivity contribution >= 4 is 49.0 Å². The summed E-state index contributed by atoms with van der Waals surface area (Å²) in [5.41, 5.74) is 0.751. The number of hydrogen-bond acceptors (Lipinski definition) is 6. The molecule has 0 saturated carbocycles. The van der Waals surface area contributed by atoms with E-state index in [9.17, 15) is 18.0 Å². The third kappa shape index (κ3) is 4.22. The van der Waals surface area contributed by atoms with Gasteiger partial charge in [-0.05, 0) is 61.8 Å². The van der Waals surface area contributed by atoms with Gasteiger partial charge < -0.3 is 10.1 Å². The van der Waals surface area contributed by atoms with Gasteiger partial charge in [0.2, 0.25) is 10.0 Å². The zero-order valence-electron chi connectivity index (χ0n) is 15.2. The molecule has 1 heterocycles. The number of carbonyl (C=O) groups excluding carboxylic acids is 2. The second kappa shape index (κ2) is 8.09. The summed E-state index contributed by atoms with van der Waals surface area (Å²) in [5.74, 6) is -0.815. The first-order valence-corrected chi connectivity index (χ1v) is 10.7. The molecule has 9 heteroatoms. The number of hydrogen-bond donors (Lipinski definition) is 2. The summed E-state index contributed by atoms with van der Waals surface area (Å²) >= 11 is 1.32. The summed E-state index contributed by atoms with van der Waals surface area (Å²) in [6, 6.07) is 12.8. The number of anilines is 1. The van der Waals surface area contributed by atoms with Crippen molar-refractivity contribution in [2.45, 2.75) is 11.8 Å². The summed E-state index contributed by atoms with van der Waals surface area (Å²) in [5, 5.41) is 3.55. The molecule has 0 aliphatic rings. The number of amides is 1. The molecule has 1 amide bonds. The van der Waals surface area contributed by atoms with Crippen molar-refractivity contribution in [3.63, 3.8) is 0 Å². The van der Waals surface area contributed by atoms with Crippen LogP contribution in [0, 0.1) is 0 Å². The van der Waals surface area contributed by atoms with E-state index in [4.69, 9.17) is 4.74 Å². The minimum absolute atomic E-state index is 0.00927. The maximum absolute atomic E-state index is 12.5. The second-order valence-electron chi connectivity index (χ2n) is 5.77. The highest BCUT2D eigenvalue weighted by molar-refractivity contribution is 7.89. The Morgan fingerprint density at radius 1 is 1.11 bits per heavy atom. The summed E-state index contributed by atoms with van der Waals surface area (Å²) in [7, 11) is -2.33. The van der Waals surface area contributed by atoms with Gasteiger partial charge in [0.05, 0.1) is 11.5 Å². The Kier molecular flexibility index (Phi) is 5.78. The first kappa shape index (κ1) is 20.0. The molecule has 2 aromatic carbocycles. The number of nitrogens with one attached hydrogen (secondary N) is 2. The van der Waals surface area contributed by atoms with Crippen LogP contribution in [0.25, 0.3) is 10.1 Å². The molecule has 3 aromatic rings. The van der Waals surface area contributed by atoms with E-state index in [1.807, 2.05) is 0 Å². The lowest BCUT2D eigenvalue weighted by atomic mass is 10.2. The molecule has 0 bridgehead atoms. The number of sulfonamides is 1. The molecule has 0 aliphatic heterocycles. The summed E-state index contributed by atoms with van der Waals surface area (Å²) in [4.78, 5) is 24.9. The molecule has 7 nitrogen and oxygen atoms in total. The lowest BCUT2D eigenvalue weighted by Gasteiger charge is -2.07. The minimum atomic E-state index is -3.64. The third-order valence-electron chi connectivity index (χ3n) is 3.93. The average Bonchev–Trinajstić information content (AvgIpc) is 3.12. The van der Waals surface area contributed by atoms with Crippen molar-refractivity contribution in [2.75, 3.05) is 19.0 Å². The Morgan fingerprint density at radius 2 is 1.89 bits per heavy atom. The fourth-order valence-corrected chi connectivity index (χ4v) is 4.26. The van der Waals surface area contributed by atoms with Crippen LogP contribution in [0.3, 0.4) is 0 Å². The molecule has 0 atom stereocenters. The summed E-state index contributed by atoms with van der Waals surface area (Å²) in [6.45, 7) is 2.05. The Hall–Kier alpha value is -2.75. The van der Waals surface area contributed by atoms with Crippen molar-refractivity contribution < 1.29 is 22.7 Å². The third-order valence-corrected chi connectivity index (χ3v) is 6.43. The predicted molar refractivity (Wildman–Crippen MR) is 108 cm³/mol. The Labute approximate surface area is 166 Å². The lowest BCUT2D eigenvalue weighted by Crippen LogP contribution is -2.19. The zero-order valence-corrected chi connectivity index (χ0v) is 16.8. The van der Waals surface area contributed by atoms with Crippen LogP contribution in [0.5, 0.6) is 0 Å². The van der Waals surface area contributed by atoms with Crippen LogP contribution in [-0.4, -0.2) is 33.9 Å². The predicted octanol–water partition coefficient (Wildman–Crippen LogP) is 3.24. The highest BCUT2D eigenvalue weighted by atomic mass is 32.2. The van der Waals surface area contributed by atoms with Crippen molar-refractivity contribution in [3.8, 4) is 0 Å². The van der Waals surface area contributed by atoms with Crippen LogP contribution in [0.2, 0.25) is 0 Å². The highest BCUT2D eigenvalue weighted by Gasteiger charge is 2.15. The molecule has 0 aliphatic carbocycles. The number of thiophene rings is 1. The molecule has 1 aromatic heterocycles. The monoisotopic (exact) mass is 418 g/mol. The maximum Gasteiger partial charge on any atom is 0.348 e. The zero-order chi connectivity index (χ0) is 20.3. The smallest absolute Gasteiger partial charge is 0.348 e. The number of fused-ring (bicyclic) bond motifs is 1. The van der Waals surface area contributed by atoms with E-state index in [0.29, 0.717) is 17.2 Å². The lowest BCUT2D eigenvalue weighted by molar-refractivity contribution is 0.0532. The Morgan fingerprint density at radius 3 is 2.61 bits per heavy atom. The molecule has 0 unspecified atom stereocenters. The standard InChI is InChI=1S/C19H18N2O5S2/c1-3-26-19(23)17-11-13-9-14(7-8-16(13)27-17)21-18(22)12-5-4-6-15(10-12)28(24,25)20-2/h4-11,20H,3H2,1-2H3,(H,21,22). The molecule has 28 heavy (non-hydrogen) atoms. The SMILES string of the molecule is CCOC(=O)c1cc2cc(NC(=O)c3cccc(S(=O)(=O)NC)c3)ccc2s1. The van der Waals surface area contributed by atoms with Gasteiger partial charge in [0.25, 0.3) is 5.91 Å². The van der Waals surface area contributed by atoms with Gasteiger partial charge in [0.15, 0.2) is 0 Å². The molecule has 0 radical (unpaired) electrons. The van der Waals surface area contributed by atoms with Crippen molar-refractivity contribution in [3.05, 3.63) is 59.0 Å². The Balaban J connectivity index is 1.83. The van der Waals surface area contributed by atoms with Crippen LogP contribution >= 0.6 is 11.3 Å². The number of benzene rings is 2. The molecular formula is C19H18N2O5S2. The number of rotatable bonds is 6. The molecule has 2 N–H and O–H groups in total. The highest BCUT2D eigenvalue weighted by Crippen LogP contribution is 2.29. The fraction of sp³-hybridized carbons (Fsp3) is 0.158. The van der Waals surface area contributed by atoms with Crippen LogP contribution < -0.4 is 10.0 Å². The minimum Gasteiger partial charge on any atom is -0.462 e. The van der Waals surface area contributed by atoms with Gasteiger partial charge in [0, 0.05) is 16.0 Å². The van der Waals surface area contributed by atoms with E-state index in [1.54, 1.807) is 31.2 Å². The van der Waals surface area contributed by atoms with E-state index in [2.05, 4.69) is 10.0 Å². The topological polar surface area (TPSA) is 102 Å². The number of carbonyl (C=O) groups is 2. The number of ether oxygens (including phenoxy) is 1. The van der Waals surface area contributed by atoms with E-state index < -0.39 is 15.9 Å². The molecule has 0 fully saturated rings. The summed E-state index contributed by atoms with van der Waals surface area (Å²) in [6.07, 6.45) is 0. The maximum atomic E-state index is 12.5. The normalized spacial score (nSPS) is 11.4. The largest absolute Gasteiger partial charge is 0.462 e. The number of esters is 1. The van der Waals surface area contributed by atoms with E-state index in [1.165, 1.54) is 42.6 Å². The van der Waals surface area contributed by atoms with Gasteiger partial charge >= 0.3 is 5.97 Å². The van der Waals surface area contributed by atoms with Gasteiger partial charge in [0.1, 0.15) is 4.88 Å². The van der Waals surface area contributed by atoms with Gasteiger partial charge in [-0.1, -0.05) is 6.07 Å². The van der Waals surface area contributed by atoms with Gasteiger partial charge in [-0.2, -0.15) is 0 Å². The van der Waals surface area contributed by atoms with Crippen molar-refractivity contribution in [1.82, 2.24) is 4.72 Å². The van der Waals surface area contributed by atoms with Gasteiger partial charge in [-0.3, -0.25) is 4.79 Å². The van der Waals surface area contributed by atoms with Crippen LogP contribution in [0.1, 0.15) is 27.0 Å². The van der Waals surface area contributed by atoms with E-state index >= 15 is 0 Å². The average molecular weight is 418 g/mol. The Bertz CT molecular complexity index is 1150. The van der Waals surface area contributed by atoms with Crippen LogP contribution in [-0.2, 0) is 14.8 Å². The quantitative estimate of drug-likeness (QED) is 0.599. The molecule has 146 valence electrons. The first-order valence-electron chi connectivity index (χ1n) is 8.39. The van der Waals surface area contributed by atoms with Gasteiger partial charge in [-0.25, -0.2) is 17.9 Å². The molecule has 3 rings (SSSR count). The second-order valence-corrected chi connectivity index (χ2v) is 8.74. The van der Waals surface area contributed by atoms with Crippen LogP contribution in [0.4, 0.5) is 5.69 Å². The summed E-state index contributed by atoms with van der Waals surface area (Å²) < 4.78 is 31.9. The van der Waals surface area contributed by atoms with E-state index in [-0.39, 0.29) is 16.4 Å². The van der Waals surface area contributed by atoms with Crippen molar-refractivity contribution in [2.24, 2.45) is 0 Å². The molecular weight excluding hydrogens is 400 g/mol.